The predicted molar refractivity (Wildman–Crippen MR) is 81.7 cm³/mol. The Morgan fingerprint density at radius 2 is 1.90 bits per heavy atom. The van der Waals surface area contributed by atoms with E-state index >= 15 is 0 Å². The molecule has 3 rings (SSSR count). The van der Waals surface area contributed by atoms with Gasteiger partial charge in [0.15, 0.2) is 0 Å². The Morgan fingerprint density at radius 3 is 2.71 bits per heavy atom. The summed E-state index contributed by atoms with van der Waals surface area (Å²) in [6, 6.07) is 13.5. The second-order valence-electron chi connectivity index (χ2n) is 4.65. The van der Waals surface area contributed by atoms with Crippen molar-refractivity contribution in [3.63, 3.8) is 0 Å². The lowest BCUT2D eigenvalue weighted by Gasteiger charge is -2.18. The molecule has 1 atom stereocenters. The number of nitrogens with two attached hydrogens (primary N) is 1. The first-order valence-corrected chi connectivity index (χ1v) is 6.63. The fourth-order valence-corrected chi connectivity index (χ4v) is 2.43. The van der Waals surface area contributed by atoms with Gasteiger partial charge in [0.2, 0.25) is 0 Å². The van der Waals surface area contributed by atoms with Gasteiger partial charge in [0, 0.05) is 18.0 Å². The maximum atomic E-state index is 5.78. The van der Waals surface area contributed by atoms with Crippen molar-refractivity contribution < 1.29 is 4.74 Å². The highest BCUT2D eigenvalue weighted by Crippen LogP contribution is 2.28. The van der Waals surface area contributed by atoms with Gasteiger partial charge in [-0.05, 0) is 23.8 Å². The molecule has 106 valence electrons. The van der Waals surface area contributed by atoms with E-state index in [0.29, 0.717) is 0 Å². The number of rotatable bonds is 4. The highest BCUT2D eigenvalue weighted by molar-refractivity contribution is 5.78. The monoisotopic (exact) mass is 280 g/mol. The zero-order valence-corrected chi connectivity index (χ0v) is 11.7. The molecular formula is C16H16N4O. The van der Waals surface area contributed by atoms with Crippen molar-refractivity contribution in [2.75, 3.05) is 7.11 Å². The molecular weight excluding hydrogens is 264 g/mol. The summed E-state index contributed by atoms with van der Waals surface area (Å²) in [6.45, 7) is 0. The molecule has 0 amide bonds. The summed E-state index contributed by atoms with van der Waals surface area (Å²) in [5.41, 5.74) is 6.53. The van der Waals surface area contributed by atoms with E-state index in [1.54, 1.807) is 19.5 Å². The number of ether oxygens (including phenoxy) is 1. The van der Waals surface area contributed by atoms with Crippen LogP contribution in [-0.4, -0.2) is 17.1 Å². The first-order chi connectivity index (χ1) is 10.3. The van der Waals surface area contributed by atoms with E-state index < -0.39 is 0 Å². The summed E-state index contributed by atoms with van der Waals surface area (Å²) >= 11 is 0. The minimum atomic E-state index is -0.180. The first-order valence-electron chi connectivity index (χ1n) is 6.63. The largest absolute Gasteiger partial charge is 0.497 e. The number of hydrogen-bond acceptors (Lipinski definition) is 5. The van der Waals surface area contributed by atoms with Crippen LogP contribution < -0.4 is 16.0 Å². The molecule has 21 heavy (non-hydrogen) atoms. The fourth-order valence-electron chi connectivity index (χ4n) is 2.43. The second-order valence-corrected chi connectivity index (χ2v) is 4.65. The van der Waals surface area contributed by atoms with Crippen LogP contribution in [0.25, 0.3) is 11.0 Å². The maximum Gasteiger partial charge on any atom is 0.119 e. The summed E-state index contributed by atoms with van der Waals surface area (Å²) in [6.07, 6.45) is 3.37. The number of nitrogens with zero attached hydrogens (tertiary/aromatic N) is 2. The summed E-state index contributed by atoms with van der Waals surface area (Å²) in [5, 5.41) is 0. The minimum Gasteiger partial charge on any atom is -0.497 e. The molecule has 5 heteroatoms. The molecule has 0 spiro atoms. The Kier molecular flexibility index (Phi) is 3.77. The molecule has 1 unspecified atom stereocenters. The van der Waals surface area contributed by atoms with Crippen LogP contribution in [0.4, 0.5) is 0 Å². The van der Waals surface area contributed by atoms with Crippen molar-refractivity contribution in [2.24, 2.45) is 5.84 Å². The first kappa shape index (κ1) is 13.5. The predicted octanol–water partition coefficient (Wildman–Crippen LogP) is 2.19. The average Bonchev–Trinajstić information content (AvgIpc) is 2.56. The van der Waals surface area contributed by atoms with Crippen molar-refractivity contribution in [3.05, 3.63) is 66.0 Å². The topological polar surface area (TPSA) is 73.1 Å². The van der Waals surface area contributed by atoms with Gasteiger partial charge in [0.25, 0.3) is 0 Å². The lowest BCUT2D eigenvalue weighted by molar-refractivity contribution is 0.413. The number of methoxy groups -OCH3 is 1. The van der Waals surface area contributed by atoms with Crippen LogP contribution in [0.15, 0.2) is 54.9 Å². The zero-order valence-electron chi connectivity index (χ0n) is 11.7. The lowest BCUT2D eigenvalue weighted by atomic mass is 9.97. The van der Waals surface area contributed by atoms with E-state index in [1.165, 1.54) is 0 Å². The number of nitrogens with one attached hydrogen (secondary N) is 1. The van der Waals surface area contributed by atoms with Gasteiger partial charge in [0.1, 0.15) is 5.75 Å². The van der Waals surface area contributed by atoms with Crippen molar-refractivity contribution >= 4 is 11.0 Å². The van der Waals surface area contributed by atoms with Gasteiger partial charge in [-0.3, -0.25) is 15.8 Å². The van der Waals surface area contributed by atoms with Gasteiger partial charge >= 0.3 is 0 Å². The maximum absolute atomic E-state index is 5.78. The normalized spacial score (nSPS) is 12.3. The Morgan fingerprint density at radius 1 is 1.10 bits per heavy atom. The number of aromatic nitrogens is 2. The summed E-state index contributed by atoms with van der Waals surface area (Å²) in [4.78, 5) is 8.76. The van der Waals surface area contributed by atoms with Crippen molar-refractivity contribution in [3.8, 4) is 5.75 Å². The summed E-state index contributed by atoms with van der Waals surface area (Å²) in [7, 11) is 1.65. The third-order valence-corrected chi connectivity index (χ3v) is 3.43. The van der Waals surface area contributed by atoms with Gasteiger partial charge in [-0.15, -0.1) is 0 Å². The number of fused-ring (bicyclic) bond motifs is 1. The third-order valence-electron chi connectivity index (χ3n) is 3.43. The molecule has 1 heterocycles. The second kappa shape index (κ2) is 5.87. The molecule has 5 nitrogen and oxygen atoms in total. The molecule has 0 aliphatic rings. The Bertz CT molecular complexity index is 755. The van der Waals surface area contributed by atoms with E-state index in [9.17, 15) is 0 Å². The molecule has 3 aromatic rings. The molecule has 0 aliphatic carbocycles. The fraction of sp³-hybridized carbons (Fsp3) is 0.125. The molecule has 3 N–H and O–H groups in total. The molecule has 1 aromatic heterocycles. The number of hydrazine groups is 1. The van der Waals surface area contributed by atoms with Crippen molar-refractivity contribution in [1.29, 1.82) is 0 Å². The van der Waals surface area contributed by atoms with E-state index in [-0.39, 0.29) is 6.04 Å². The van der Waals surface area contributed by atoms with E-state index in [1.807, 2.05) is 42.5 Å². The third kappa shape index (κ3) is 2.56. The highest BCUT2D eigenvalue weighted by atomic mass is 16.5. The number of para-hydroxylation sites is 1. The van der Waals surface area contributed by atoms with Crippen molar-refractivity contribution in [2.45, 2.75) is 6.04 Å². The van der Waals surface area contributed by atoms with Crippen LogP contribution >= 0.6 is 0 Å². The Hall–Kier alpha value is -2.50. The molecule has 2 aromatic carbocycles. The smallest absolute Gasteiger partial charge is 0.119 e. The van der Waals surface area contributed by atoms with Crippen LogP contribution in [-0.2, 0) is 0 Å². The molecule has 0 fully saturated rings. The number of hydrogen-bond donors (Lipinski definition) is 2. The van der Waals surface area contributed by atoms with Gasteiger partial charge < -0.3 is 4.74 Å². The van der Waals surface area contributed by atoms with Crippen LogP contribution in [0.1, 0.15) is 17.2 Å². The van der Waals surface area contributed by atoms with E-state index in [4.69, 9.17) is 10.6 Å². The quantitative estimate of drug-likeness (QED) is 0.566. The van der Waals surface area contributed by atoms with Gasteiger partial charge in [-0.25, -0.2) is 5.43 Å². The summed E-state index contributed by atoms with van der Waals surface area (Å²) < 4.78 is 5.28. The van der Waals surface area contributed by atoms with Crippen LogP contribution in [0.3, 0.4) is 0 Å². The van der Waals surface area contributed by atoms with Gasteiger partial charge in [-0.1, -0.05) is 24.3 Å². The Balaban J connectivity index is 2.13. The average molecular weight is 280 g/mol. The van der Waals surface area contributed by atoms with Crippen LogP contribution in [0.2, 0.25) is 0 Å². The molecule has 0 radical (unpaired) electrons. The molecule has 0 bridgehead atoms. The van der Waals surface area contributed by atoms with E-state index in [0.717, 1.165) is 27.9 Å². The van der Waals surface area contributed by atoms with Gasteiger partial charge in [-0.2, -0.15) is 0 Å². The van der Waals surface area contributed by atoms with Crippen LogP contribution in [0.5, 0.6) is 5.75 Å². The lowest BCUT2D eigenvalue weighted by Crippen LogP contribution is -2.29. The van der Waals surface area contributed by atoms with E-state index in [2.05, 4.69) is 15.4 Å². The molecule has 0 saturated carbocycles. The van der Waals surface area contributed by atoms with Crippen molar-refractivity contribution in [1.82, 2.24) is 15.4 Å². The summed E-state index contributed by atoms with van der Waals surface area (Å²) in [5.74, 6) is 6.57. The Labute approximate surface area is 122 Å². The number of benzene rings is 2. The standard InChI is InChI=1S/C16H16N4O/c1-21-12-5-2-4-11(10-12)15(20-17)13-6-3-7-14-16(13)19-9-8-18-14/h2-10,15,20H,17H2,1H3. The van der Waals surface area contributed by atoms with Crippen LogP contribution in [0, 0.1) is 0 Å². The molecule has 0 aliphatic heterocycles. The van der Waals surface area contributed by atoms with Gasteiger partial charge in [0.05, 0.1) is 24.2 Å². The SMILES string of the molecule is COc1cccc(C(NN)c2cccc3nccnc23)c1. The highest BCUT2D eigenvalue weighted by Gasteiger charge is 2.16. The zero-order chi connectivity index (χ0) is 14.7. The minimum absolute atomic E-state index is 0.180. The molecule has 0 saturated heterocycles.